The summed E-state index contributed by atoms with van der Waals surface area (Å²) in [6, 6.07) is 7.72. The molecule has 0 saturated carbocycles. The van der Waals surface area contributed by atoms with Gasteiger partial charge in [-0.3, -0.25) is 9.89 Å². The van der Waals surface area contributed by atoms with Crippen molar-refractivity contribution in [3.8, 4) is 5.75 Å². The van der Waals surface area contributed by atoms with Crippen molar-refractivity contribution in [2.45, 2.75) is 32.1 Å². The second-order valence-electron chi connectivity index (χ2n) is 6.66. The number of aryl methyl sites for hydroxylation is 1. The van der Waals surface area contributed by atoms with E-state index in [-0.39, 0.29) is 18.4 Å². The summed E-state index contributed by atoms with van der Waals surface area (Å²) < 4.78 is 10.7. The van der Waals surface area contributed by atoms with Gasteiger partial charge in [0, 0.05) is 32.5 Å². The number of aromatic nitrogens is 3. The van der Waals surface area contributed by atoms with Crippen molar-refractivity contribution in [1.82, 2.24) is 20.1 Å². The Balaban J connectivity index is 1.53. The molecule has 0 aliphatic carbocycles. The fourth-order valence-electron chi connectivity index (χ4n) is 3.09. The van der Waals surface area contributed by atoms with E-state index < -0.39 is 0 Å². The van der Waals surface area contributed by atoms with Gasteiger partial charge in [-0.05, 0) is 31.9 Å². The van der Waals surface area contributed by atoms with Crippen LogP contribution in [0.3, 0.4) is 0 Å². The Morgan fingerprint density at radius 3 is 2.92 bits per heavy atom. The molecule has 0 unspecified atom stereocenters. The first-order valence-electron chi connectivity index (χ1n) is 9.03. The van der Waals surface area contributed by atoms with Gasteiger partial charge < -0.3 is 14.4 Å². The van der Waals surface area contributed by atoms with Crippen LogP contribution in [0.1, 0.15) is 36.0 Å². The Morgan fingerprint density at radius 2 is 2.15 bits per heavy atom. The summed E-state index contributed by atoms with van der Waals surface area (Å²) in [6.45, 7) is 4.08. The predicted octanol–water partition coefficient (Wildman–Crippen LogP) is 2.09. The fourth-order valence-corrected chi connectivity index (χ4v) is 3.09. The largest absolute Gasteiger partial charge is 0.484 e. The minimum atomic E-state index is 0.00502. The van der Waals surface area contributed by atoms with Crippen LogP contribution < -0.4 is 4.74 Å². The molecule has 1 fully saturated rings. The van der Waals surface area contributed by atoms with Gasteiger partial charge in [0.15, 0.2) is 12.4 Å². The second kappa shape index (κ2) is 8.80. The van der Waals surface area contributed by atoms with Crippen LogP contribution in [0.2, 0.25) is 0 Å². The highest BCUT2D eigenvalue weighted by molar-refractivity contribution is 5.78. The molecule has 3 rings (SSSR count). The monoisotopic (exact) mass is 358 g/mol. The summed E-state index contributed by atoms with van der Waals surface area (Å²) in [4.78, 5) is 18.9. The van der Waals surface area contributed by atoms with Gasteiger partial charge in [-0.25, -0.2) is 4.98 Å². The van der Waals surface area contributed by atoms with Crippen molar-refractivity contribution in [1.29, 1.82) is 0 Å². The zero-order valence-electron chi connectivity index (χ0n) is 15.4. The van der Waals surface area contributed by atoms with Crippen molar-refractivity contribution < 1.29 is 14.3 Å². The minimum Gasteiger partial charge on any atom is -0.484 e. The van der Waals surface area contributed by atoms with Gasteiger partial charge in [0.25, 0.3) is 5.91 Å². The molecule has 7 heteroatoms. The summed E-state index contributed by atoms with van der Waals surface area (Å²) >= 11 is 0. The number of carbonyl (C=O) groups excluding carboxylic acids is 1. The topological polar surface area (TPSA) is 80.3 Å². The highest BCUT2D eigenvalue weighted by atomic mass is 16.5. The van der Waals surface area contributed by atoms with Crippen molar-refractivity contribution in [3.63, 3.8) is 0 Å². The van der Waals surface area contributed by atoms with Crippen molar-refractivity contribution in [3.05, 3.63) is 41.5 Å². The van der Waals surface area contributed by atoms with Crippen LogP contribution >= 0.6 is 0 Å². The molecule has 0 radical (unpaired) electrons. The Bertz CT molecular complexity index is 714. The van der Waals surface area contributed by atoms with Gasteiger partial charge in [-0.2, -0.15) is 5.10 Å². The molecule has 1 aromatic carbocycles. The van der Waals surface area contributed by atoms with Gasteiger partial charge in [-0.1, -0.05) is 17.7 Å². The maximum Gasteiger partial charge on any atom is 0.260 e. The van der Waals surface area contributed by atoms with Gasteiger partial charge in [-0.15, -0.1) is 0 Å². The third-order valence-corrected chi connectivity index (χ3v) is 4.61. The van der Waals surface area contributed by atoms with Crippen LogP contribution in [0.4, 0.5) is 0 Å². The Morgan fingerprint density at radius 1 is 1.35 bits per heavy atom. The summed E-state index contributed by atoms with van der Waals surface area (Å²) in [5.74, 6) is 2.50. The molecule has 0 bridgehead atoms. The fraction of sp³-hybridized carbons (Fsp3) is 0.526. The van der Waals surface area contributed by atoms with Gasteiger partial charge in [0.1, 0.15) is 11.6 Å². The van der Waals surface area contributed by atoms with E-state index in [9.17, 15) is 4.79 Å². The number of ether oxygens (including phenoxy) is 2. The van der Waals surface area contributed by atoms with Gasteiger partial charge >= 0.3 is 0 Å². The molecular formula is C19H26N4O3. The lowest BCUT2D eigenvalue weighted by Crippen LogP contribution is -2.41. The van der Waals surface area contributed by atoms with Crippen LogP contribution in [-0.2, 0) is 16.0 Å². The van der Waals surface area contributed by atoms with Crippen LogP contribution in [-0.4, -0.2) is 59.4 Å². The number of rotatable bonds is 7. The van der Waals surface area contributed by atoms with Crippen molar-refractivity contribution in [2.24, 2.45) is 0 Å². The number of benzene rings is 1. The number of H-pyrrole nitrogens is 1. The molecule has 140 valence electrons. The lowest BCUT2D eigenvalue weighted by Gasteiger charge is -2.31. The summed E-state index contributed by atoms with van der Waals surface area (Å²) in [5.41, 5.74) is 1.17. The first kappa shape index (κ1) is 18.4. The number of nitrogens with one attached hydrogen (secondary N) is 1. The van der Waals surface area contributed by atoms with Crippen LogP contribution in [0, 0.1) is 6.92 Å². The van der Waals surface area contributed by atoms with Gasteiger partial charge in [0.2, 0.25) is 0 Å². The molecule has 2 heterocycles. The average Bonchev–Trinajstić information content (AvgIpc) is 3.15. The quantitative estimate of drug-likeness (QED) is 0.820. The number of hydrogen-bond donors (Lipinski definition) is 1. The lowest BCUT2D eigenvalue weighted by molar-refractivity contribution is -0.134. The third kappa shape index (κ3) is 4.82. The minimum absolute atomic E-state index is 0.00502. The van der Waals surface area contributed by atoms with Crippen LogP contribution in [0.15, 0.2) is 24.3 Å². The third-order valence-electron chi connectivity index (χ3n) is 4.61. The average molecular weight is 358 g/mol. The zero-order valence-corrected chi connectivity index (χ0v) is 15.4. The maximum atomic E-state index is 12.5. The number of nitrogens with zero attached hydrogens (tertiary/aromatic N) is 3. The maximum absolute atomic E-state index is 12.5. The molecule has 1 amide bonds. The molecule has 1 atom stereocenters. The molecule has 1 aliphatic heterocycles. The lowest BCUT2D eigenvalue weighted by atomic mass is 9.97. The van der Waals surface area contributed by atoms with E-state index in [4.69, 9.17) is 9.47 Å². The van der Waals surface area contributed by atoms with E-state index in [0.29, 0.717) is 25.3 Å². The SMILES string of the molecule is COCCc1nc([C@H]2CCCN(C(=O)COc3ccc(C)cc3)C2)n[nH]1. The number of aromatic amines is 1. The van der Waals surface area contributed by atoms with E-state index in [1.165, 1.54) is 5.56 Å². The Labute approximate surface area is 153 Å². The van der Waals surface area contributed by atoms with E-state index in [1.807, 2.05) is 36.1 Å². The van der Waals surface area contributed by atoms with E-state index in [1.54, 1.807) is 7.11 Å². The standard InChI is InChI=1S/C19H26N4O3/c1-14-5-7-16(8-6-14)26-13-18(24)23-10-3-4-15(12-23)19-20-17(21-22-19)9-11-25-2/h5-8,15H,3-4,9-13H2,1-2H3,(H,20,21,22)/t15-/m0/s1. The van der Waals surface area contributed by atoms with Crippen molar-refractivity contribution >= 4 is 5.91 Å². The number of likely N-dealkylation sites (tertiary alicyclic amines) is 1. The smallest absolute Gasteiger partial charge is 0.260 e. The predicted molar refractivity (Wildman–Crippen MR) is 97.2 cm³/mol. The molecule has 1 aromatic heterocycles. The van der Waals surface area contributed by atoms with Crippen molar-refractivity contribution in [2.75, 3.05) is 33.4 Å². The number of methoxy groups -OCH3 is 1. The summed E-state index contributed by atoms with van der Waals surface area (Å²) in [6.07, 6.45) is 2.65. The molecule has 1 N–H and O–H groups in total. The van der Waals surface area contributed by atoms with E-state index >= 15 is 0 Å². The number of piperidine rings is 1. The summed E-state index contributed by atoms with van der Waals surface area (Å²) in [5, 5.41) is 7.29. The molecular weight excluding hydrogens is 332 g/mol. The molecule has 26 heavy (non-hydrogen) atoms. The highest BCUT2D eigenvalue weighted by Gasteiger charge is 2.27. The Kier molecular flexibility index (Phi) is 6.22. The molecule has 2 aromatic rings. The molecule has 0 spiro atoms. The second-order valence-corrected chi connectivity index (χ2v) is 6.66. The highest BCUT2D eigenvalue weighted by Crippen LogP contribution is 2.24. The Hall–Kier alpha value is -2.41. The summed E-state index contributed by atoms with van der Waals surface area (Å²) in [7, 11) is 1.67. The number of amides is 1. The normalized spacial score (nSPS) is 17.3. The molecule has 1 saturated heterocycles. The number of carbonyl (C=O) groups is 1. The first-order valence-corrected chi connectivity index (χ1v) is 9.03. The molecule has 1 aliphatic rings. The van der Waals surface area contributed by atoms with Crippen LogP contribution in [0.25, 0.3) is 0 Å². The first-order chi connectivity index (χ1) is 12.7. The van der Waals surface area contributed by atoms with Crippen LogP contribution in [0.5, 0.6) is 5.75 Å². The number of hydrogen-bond acceptors (Lipinski definition) is 5. The van der Waals surface area contributed by atoms with Gasteiger partial charge in [0.05, 0.1) is 6.61 Å². The zero-order chi connectivity index (χ0) is 18.4. The molecule has 7 nitrogen and oxygen atoms in total. The van der Waals surface area contributed by atoms with E-state index in [2.05, 4.69) is 15.2 Å². The van der Waals surface area contributed by atoms with E-state index in [0.717, 1.165) is 31.0 Å².